The second kappa shape index (κ2) is 8.23. The number of amides is 2. The molecule has 0 heterocycles. The van der Waals surface area contributed by atoms with Gasteiger partial charge in [-0.25, -0.2) is 4.39 Å². The van der Waals surface area contributed by atoms with Crippen LogP contribution in [0.1, 0.15) is 15.9 Å². The van der Waals surface area contributed by atoms with Crippen LogP contribution in [-0.2, 0) is 16.1 Å². The molecule has 0 aromatic heterocycles. The van der Waals surface area contributed by atoms with E-state index in [-0.39, 0.29) is 24.6 Å². The maximum Gasteiger partial charge on any atom is 0.248 e. The van der Waals surface area contributed by atoms with Crippen LogP contribution in [0.4, 0.5) is 4.39 Å². The predicted molar refractivity (Wildman–Crippen MR) is 71.5 cm³/mol. The molecule has 0 fully saturated rings. The van der Waals surface area contributed by atoms with Crippen LogP contribution in [-0.4, -0.2) is 38.6 Å². The number of methoxy groups -OCH3 is 1. The van der Waals surface area contributed by atoms with Gasteiger partial charge in [-0.15, -0.1) is 0 Å². The molecule has 110 valence electrons. The van der Waals surface area contributed by atoms with E-state index in [0.29, 0.717) is 18.7 Å². The number of rotatable bonds is 8. The largest absolute Gasteiger partial charge is 0.383 e. The Morgan fingerprint density at radius 1 is 1.40 bits per heavy atom. The third kappa shape index (κ3) is 5.33. The Labute approximate surface area is 116 Å². The fourth-order valence-corrected chi connectivity index (χ4v) is 1.51. The van der Waals surface area contributed by atoms with E-state index in [1.807, 2.05) is 0 Å². The molecule has 0 unspecified atom stereocenters. The van der Waals surface area contributed by atoms with Crippen LogP contribution >= 0.6 is 0 Å². The SMILES string of the molecule is COCCNC(=O)CNCc1ccc(C(N)=O)cc1F. The summed E-state index contributed by atoms with van der Waals surface area (Å²) in [6.45, 7) is 1.12. The van der Waals surface area contributed by atoms with Gasteiger partial charge < -0.3 is 21.1 Å². The van der Waals surface area contributed by atoms with Crippen molar-refractivity contribution in [1.29, 1.82) is 0 Å². The highest BCUT2D eigenvalue weighted by atomic mass is 19.1. The first-order chi connectivity index (χ1) is 9.54. The summed E-state index contributed by atoms with van der Waals surface area (Å²) in [6.07, 6.45) is 0. The Morgan fingerprint density at radius 3 is 2.75 bits per heavy atom. The second-order valence-electron chi connectivity index (χ2n) is 4.12. The molecule has 2 amide bonds. The molecule has 6 nitrogen and oxygen atoms in total. The van der Waals surface area contributed by atoms with Crippen molar-refractivity contribution in [2.24, 2.45) is 5.73 Å². The lowest BCUT2D eigenvalue weighted by Gasteiger charge is -2.07. The van der Waals surface area contributed by atoms with E-state index >= 15 is 0 Å². The fourth-order valence-electron chi connectivity index (χ4n) is 1.51. The average Bonchev–Trinajstić information content (AvgIpc) is 2.40. The van der Waals surface area contributed by atoms with Crippen LogP contribution < -0.4 is 16.4 Å². The van der Waals surface area contributed by atoms with E-state index in [2.05, 4.69) is 10.6 Å². The van der Waals surface area contributed by atoms with Gasteiger partial charge in [-0.1, -0.05) is 6.07 Å². The summed E-state index contributed by atoms with van der Waals surface area (Å²) in [7, 11) is 1.54. The number of nitrogens with one attached hydrogen (secondary N) is 2. The van der Waals surface area contributed by atoms with E-state index < -0.39 is 11.7 Å². The number of halogens is 1. The van der Waals surface area contributed by atoms with Gasteiger partial charge in [0.15, 0.2) is 0 Å². The molecule has 1 aromatic carbocycles. The molecular formula is C13H18FN3O3. The number of hydrogen-bond donors (Lipinski definition) is 3. The topological polar surface area (TPSA) is 93.4 Å². The summed E-state index contributed by atoms with van der Waals surface area (Å²) in [5, 5.41) is 5.44. The minimum atomic E-state index is -0.680. The standard InChI is InChI=1S/C13H18FN3O3/c1-20-5-4-17-12(18)8-16-7-10-3-2-9(13(15)19)6-11(10)14/h2-3,6,16H,4-5,7-8H2,1H3,(H2,15,19)(H,17,18). The number of nitrogens with two attached hydrogens (primary N) is 1. The molecule has 0 aliphatic rings. The molecule has 0 saturated carbocycles. The van der Waals surface area contributed by atoms with Gasteiger partial charge in [0.25, 0.3) is 0 Å². The van der Waals surface area contributed by atoms with E-state index in [0.717, 1.165) is 6.07 Å². The van der Waals surface area contributed by atoms with Gasteiger partial charge in [0.2, 0.25) is 11.8 Å². The van der Waals surface area contributed by atoms with Gasteiger partial charge >= 0.3 is 0 Å². The summed E-state index contributed by atoms with van der Waals surface area (Å²) < 4.78 is 18.4. The van der Waals surface area contributed by atoms with E-state index in [1.165, 1.54) is 12.1 Å². The third-order valence-corrected chi connectivity index (χ3v) is 2.57. The van der Waals surface area contributed by atoms with E-state index in [4.69, 9.17) is 10.5 Å². The molecule has 0 aliphatic carbocycles. The predicted octanol–water partition coefficient (Wildman–Crippen LogP) is -0.223. The summed E-state index contributed by atoms with van der Waals surface area (Å²) >= 11 is 0. The molecule has 0 bridgehead atoms. The van der Waals surface area contributed by atoms with Crippen LogP contribution in [0.25, 0.3) is 0 Å². The van der Waals surface area contributed by atoms with Crippen molar-refractivity contribution >= 4 is 11.8 Å². The summed E-state index contributed by atoms with van der Waals surface area (Å²) in [5.74, 6) is -1.41. The van der Waals surface area contributed by atoms with Crippen LogP contribution in [0.15, 0.2) is 18.2 Å². The number of hydrogen-bond acceptors (Lipinski definition) is 4. The lowest BCUT2D eigenvalue weighted by Crippen LogP contribution is -2.35. The Balaban J connectivity index is 2.38. The molecule has 1 aromatic rings. The zero-order valence-corrected chi connectivity index (χ0v) is 11.2. The van der Waals surface area contributed by atoms with Crippen LogP contribution in [0.2, 0.25) is 0 Å². The molecule has 4 N–H and O–H groups in total. The Kier molecular flexibility index (Phi) is 6.61. The maximum absolute atomic E-state index is 13.6. The summed E-state index contributed by atoms with van der Waals surface area (Å²) in [6, 6.07) is 3.99. The molecule has 0 spiro atoms. The van der Waals surface area contributed by atoms with Gasteiger partial charge in [0.1, 0.15) is 5.82 Å². The molecule has 0 atom stereocenters. The van der Waals surface area contributed by atoms with Gasteiger partial charge in [-0.2, -0.15) is 0 Å². The van der Waals surface area contributed by atoms with E-state index in [1.54, 1.807) is 7.11 Å². The van der Waals surface area contributed by atoms with Gasteiger partial charge in [0, 0.05) is 31.3 Å². The van der Waals surface area contributed by atoms with Crippen molar-refractivity contribution < 1.29 is 18.7 Å². The molecule has 0 radical (unpaired) electrons. The average molecular weight is 283 g/mol. The number of ether oxygens (including phenoxy) is 1. The molecule has 1 rings (SSSR count). The maximum atomic E-state index is 13.6. The minimum Gasteiger partial charge on any atom is -0.383 e. The highest BCUT2D eigenvalue weighted by Crippen LogP contribution is 2.09. The Bertz CT molecular complexity index is 480. The summed E-state index contributed by atoms with van der Waals surface area (Å²) in [5.41, 5.74) is 5.52. The number of carbonyl (C=O) groups excluding carboxylic acids is 2. The van der Waals surface area contributed by atoms with Crippen molar-refractivity contribution in [3.8, 4) is 0 Å². The molecule has 7 heteroatoms. The zero-order chi connectivity index (χ0) is 15.0. The first-order valence-corrected chi connectivity index (χ1v) is 6.09. The van der Waals surface area contributed by atoms with Crippen molar-refractivity contribution in [3.63, 3.8) is 0 Å². The second-order valence-corrected chi connectivity index (χ2v) is 4.12. The van der Waals surface area contributed by atoms with Gasteiger partial charge in [-0.05, 0) is 12.1 Å². The van der Waals surface area contributed by atoms with Gasteiger partial charge in [0.05, 0.1) is 13.2 Å². The first kappa shape index (κ1) is 16.1. The van der Waals surface area contributed by atoms with E-state index in [9.17, 15) is 14.0 Å². The van der Waals surface area contributed by atoms with Crippen molar-refractivity contribution in [2.75, 3.05) is 26.8 Å². The van der Waals surface area contributed by atoms with Crippen molar-refractivity contribution in [3.05, 3.63) is 35.1 Å². The minimum absolute atomic E-state index is 0.0702. The molecule has 0 saturated heterocycles. The van der Waals surface area contributed by atoms with Crippen LogP contribution in [0, 0.1) is 5.82 Å². The Hall–Kier alpha value is -1.99. The number of primary amides is 1. The van der Waals surface area contributed by atoms with Gasteiger partial charge in [-0.3, -0.25) is 9.59 Å². The van der Waals surface area contributed by atoms with Crippen LogP contribution in [0.3, 0.4) is 0 Å². The highest BCUT2D eigenvalue weighted by molar-refractivity contribution is 5.92. The molecular weight excluding hydrogens is 265 g/mol. The highest BCUT2D eigenvalue weighted by Gasteiger charge is 2.07. The lowest BCUT2D eigenvalue weighted by molar-refractivity contribution is -0.120. The Morgan fingerprint density at radius 2 is 2.15 bits per heavy atom. The quantitative estimate of drug-likeness (QED) is 0.575. The lowest BCUT2D eigenvalue weighted by atomic mass is 10.1. The molecule has 0 aliphatic heterocycles. The zero-order valence-electron chi connectivity index (χ0n) is 11.2. The third-order valence-electron chi connectivity index (χ3n) is 2.57. The number of benzene rings is 1. The first-order valence-electron chi connectivity index (χ1n) is 6.09. The van der Waals surface area contributed by atoms with Crippen LogP contribution in [0.5, 0.6) is 0 Å². The number of carbonyl (C=O) groups is 2. The smallest absolute Gasteiger partial charge is 0.248 e. The summed E-state index contributed by atoms with van der Waals surface area (Å²) in [4.78, 5) is 22.2. The fraction of sp³-hybridized carbons (Fsp3) is 0.385. The monoisotopic (exact) mass is 283 g/mol. The molecule has 20 heavy (non-hydrogen) atoms. The normalized spacial score (nSPS) is 10.3. The van der Waals surface area contributed by atoms with Crippen molar-refractivity contribution in [1.82, 2.24) is 10.6 Å². The van der Waals surface area contributed by atoms with Crippen molar-refractivity contribution in [2.45, 2.75) is 6.54 Å².